The molecular formula is C50H65N5O9. The minimum absolute atomic E-state index is 0.0122. The standard InChI is InChI=1S/C50H65N5O9/c1-33(2)27-40(29-47(57)55(64-32-36-15-20-41(61-5)21-16-36)31-39-19-22-42(62-6)30-45(39)63-7)49(59)53-43(50(60)54-44(48(51)58)28-34(3)4)23-24-46(56)52-26-25-35-13-17-38(18-14-35)37-11-9-8-10-12-37/h8-22,30,33-34,40,43-44H,23-29,31-32H2,1-7H3,(H2,51,58)(H,52,56)(H,53,59)(H,54,60)/t40-,43+,44+/m1/s1. The number of ether oxygens (including phenoxy) is 3. The van der Waals surface area contributed by atoms with Gasteiger partial charge in [0, 0.05) is 36.9 Å². The molecule has 14 nitrogen and oxygen atoms in total. The first-order valence-electron chi connectivity index (χ1n) is 21.8. The van der Waals surface area contributed by atoms with E-state index < -0.39 is 41.6 Å². The van der Waals surface area contributed by atoms with Crippen LogP contribution in [0.4, 0.5) is 0 Å². The Labute approximate surface area is 377 Å². The molecule has 0 bridgehead atoms. The maximum absolute atomic E-state index is 14.3. The Kier molecular flexibility index (Phi) is 20.1. The van der Waals surface area contributed by atoms with Gasteiger partial charge >= 0.3 is 0 Å². The summed E-state index contributed by atoms with van der Waals surface area (Å²) < 4.78 is 16.3. The summed E-state index contributed by atoms with van der Waals surface area (Å²) >= 11 is 0. The second-order valence-corrected chi connectivity index (χ2v) is 16.6. The molecule has 4 rings (SSSR count). The molecule has 0 aromatic heterocycles. The van der Waals surface area contributed by atoms with Crippen LogP contribution >= 0.6 is 0 Å². The van der Waals surface area contributed by atoms with Crippen LogP contribution in [0.2, 0.25) is 0 Å². The summed E-state index contributed by atoms with van der Waals surface area (Å²) in [6.45, 7) is 8.04. The molecule has 0 unspecified atom stereocenters. The van der Waals surface area contributed by atoms with Crippen LogP contribution in [-0.4, -0.2) is 74.6 Å². The highest BCUT2D eigenvalue weighted by Crippen LogP contribution is 2.28. The Bertz CT molecular complexity index is 2110. The van der Waals surface area contributed by atoms with E-state index in [0.717, 1.165) is 22.3 Å². The monoisotopic (exact) mass is 879 g/mol. The highest BCUT2D eigenvalue weighted by atomic mass is 16.7. The normalized spacial score (nSPS) is 12.5. The van der Waals surface area contributed by atoms with E-state index in [4.69, 9.17) is 24.8 Å². The van der Waals surface area contributed by atoms with Crippen LogP contribution < -0.4 is 35.9 Å². The van der Waals surface area contributed by atoms with Crippen molar-refractivity contribution in [3.8, 4) is 28.4 Å². The number of rotatable bonds is 26. The number of nitrogens with one attached hydrogen (secondary N) is 3. The number of carbonyl (C=O) groups excluding carboxylic acids is 5. The largest absolute Gasteiger partial charge is 0.497 e. The minimum Gasteiger partial charge on any atom is -0.497 e. The molecule has 5 N–H and O–H groups in total. The summed E-state index contributed by atoms with van der Waals surface area (Å²) in [5.74, 6) is -1.89. The Morgan fingerprint density at radius 2 is 1.28 bits per heavy atom. The van der Waals surface area contributed by atoms with Crippen LogP contribution in [0.25, 0.3) is 11.1 Å². The molecule has 3 atom stereocenters. The van der Waals surface area contributed by atoms with Gasteiger partial charge in [-0.1, -0.05) is 94.4 Å². The molecule has 0 fully saturated rings. The van der Waals surface area contributed by atoms with E-state index in [1.165, 1.54) is 12.2 Å². The van der Waals surface area contributed by atoms with Gasteiger partial charge in [-0.2, -0.15) is 0 Å². The summed E-state index contributed by atoms with van der Waals surface area (Å²) in [4.78, 5) is 74.1. The van der Waals surface area contributed by atoms with E-state index >= 15 is 0 Å². The minimum atomic E-state index is -1.21. The van der Waals surface area contributed by atoms with Crippen molar-refractivity contribution in [3.63, 3.8) is 0 Å². The Morgan fingerprint density at radius 3 is 1.89 bits per heavy atom. The number of amides is 5. The Morgan fingerprint density at radius 1 is 0.672 bits per heavy atom. The zero-order valence-electron chi connectivity index (χ0n) is 38.2. The molecule has 0 spiro atoms. The maximum Gasteiger partial charge on any atom is 0.247 e. The number of hydrogen-bond acceptors (Lipinski definition) is 9. The second-order valence-electron chi connectivity index (χ2n) is 16.6. The zero-order valence-corrected chi connectivity index (χ0v) is 38.2. The first-order valence-corrected chi connectivity index (χ1v) is 21.8. The molecule has 4 aromatic rings. The Balaban J connectivity index is 1.50. The van der Waals surface area contributed by atoms with Crippen molar-refractivity contribution in [2.24, 2.45) is 23.5 Å². The first kappa shape index (κ1) is 50.2. The van der Waals surface area contributed by atoms with Gasteiger partial charge in [-0.3, -0.25) is 28.8 Å². The highest BCUT2D eigenvalue weighted by Gasteiger charge is 2.32. The van der Waals surface area contributed by atoms with Crippen molar-refractivity contribution < 1.29 is 43.0 Å². The van der Waals surface area contributed by atoms with Crippen molar-refractivity contribution in [1.29, 1.82) is 0 Å². The summed E-state index contributed by atoms with van der Waals surface area (Å²) in [6, 6.07) is 28.4. The molecule has 0 aliphatic heterocycles. The van der Waals surface area contributed by atoms with Gasteiger partial charge < -0.3 is 35.9 Å². The first-order chi connectivity index (χ1) is 30.7. The van der Waals surface area contributed by atoms with E-state index in [1.807, 2.05) is 94.4 Å². The predicted octanol–water partition coefficient (Wildman–Crippen LogP) is 6.53. The van der Waals surface area contributed by atoms with Gasteiger partial charge in [0.25, 0.3) is 0 Å². The van der Waals surface area contributed by atoms with Crippen LogP contribution in [0.1, 0.15) is 76.5 Å². The lowest BCUT2D eigenvalue weighted by molar-refractivity contribution is -0.197. The van der Waals surface area contributed by atoms with Crippen molar-refractivity contribution >= 4 is 29.5 Å². The van der Waals surface area contributed by atoms with E-state index in [1.54, 1.807) is 44.6 Å². The lowest BCUT2D eigenvalue weighted by Gasteiger charge is -2.27. The van der Waals surface area contributed by atoms with Gasteiger partial charge in [-0.05, 0) is 84.0 Å². The molecule has 0 saturated heterocycles. The lowest BCUT2D eigenvalue weighted by atomic mass is 9.92. The van der Waals surface area contributed by atoms with Crippen molar-refractivity contribution in [2.45, 2.75) is 91.5 Å². The smallest absolute Gasteiger partial charge is 0.247 e. The third-order valence-corrected chi connectivity index (χ3v) is 10.6. The van der Waals surface area contributed by atoms with Gasteiger partial charge in [0.2, 0.25) is 29.5 Å². The van der Waals surface area contributed by atoms with E-state index in [2.05, 4.69) is 16.0 Å². The van der Waals surface area contributed by atoms with Crippen LogP contribution in [0.15, 0.2) is 97.1 Å². The number of nitrogens with zero attached hydrogens (tertiary/aromatic N) is 1. The van der Waals surface area contributed by atoms with E-state index in [9.17, 15) is 24.0 Å². The molecule has 0 saturated carbocycles. The molecule has 0 radical (unpaired) electrons. The van der Waals surface area contributed by atoms with Crippen molar-refractivity contribution in [1.82, 2.24) is 21.0 Å². The summed E-state index contributed by atoms with van der Waals surface area (Å²) in [6.07, 6.45) is 0.746. The molecule has 14 heteroatoms. The Hall–Kier alpha value is -6.41. The summed E-state index contributed by atoms with van der Waals surface area (Å²) in [5, 5.41) is 9.66. The lowest BCUT2D eigenvalue weighted by Crippen LogP contribution is -2.54. The van der Waals surface area contributed by atoms with E-state index in [0.29, 0.717) is 42.2 Å². The van der Waals surface area contributed by atoms with E-state index in [-0.39, 0.29) is 56.6 Å². The average Bonchev–Trinajstić information content (AvgIpc) is 3.28. The van der Waals surface area contributed by atoms with Crippen LogP contribution in [0.5, 0.6) is 17.2 Å². The number of benzene rings is 4. The van der Waals surface area contributed by atoms with Crippen LogP contribution in [-0.2, 0) is 48.4 Å². The molecule has 0 aliphatic carbocycles. The second kappa shape index (κ2) is 25.6. The fraction of sp³-hybridized carbons (Fsp3) is 0.420. The van der Waals surface area contributed by atoms with Crippen LogP contribution in [0.3, 0.4) is 0 Å². The SMILES string of the molecule is COc1ccc(CON(Cc2ccc(OC)cc2OC)C(=O)C[C@@H](CC(C)C)C(=O)N[C@@H](CCC(=O)NCCc2ccc(-c3ccccc3)cc2)C(=O)N[C@@H](CC(C)C)C(N)=O)cc1. The van der Waals surface area contributed by atoms with Gasteiger partial charge in [0.1, 0.15) is 35.9 Å². The maximum atomic E-state index is 14.3. The third kappa shape index (κ3) is 16.4. The van der Waals surface area contributed by atoms with Crippen molar-refractivity contribution in [2.75, 3.05) is 27.9 Å². The van der Waals surface area contributed by atoms with Gasteiger partial charge in [-0.25, -0.2) is 5.06 Å². The summed E-state index contributed by atoms with van der Waals surface area (Å²) in [7, 11) is 4.63. The average molecular weight is 880 g/mol. The number of methoxy groups -OCH3 is 3. The van der Waals surface area contributed by atoms with Crippen molar-refractivity contribution in [3.05, 3.63) is 114 Å². The number of carbonyl (C=O) groups is 5. The predicted molar refractivity (Wildman–Crippen MR) is 246 cm³/mol. The zero-order chi connectivity index (χ0) is 46.6. The highest BCUT2D eigenvalue weighted by molar-refractivity contribution is 5.93. The fourth-order valence-electron chi connectivity index (χ4n) is 7.13. The molecule has 344 valence electrons. The van der Waals surface area contributed by atoms with Gasteiger partial charge in [-0.15, -0.1) is 0 Å². The van der Waals surface area contributed by atoms with Gasteiger partial charge in [0.05, 0.1) is 27.9 Å². The molecule has 0 heterocycles. The molecule has 0 aliphatic rings. The number of hydroxylamine groups is 2. The number of primary amides is 1. The molecular weight excluding hydrogens is 815 g/mol. The topological polar surface area (TPSA) is 188 Å². The molecule has 4 aromatic carbocycles. The van der Waals surface area contributed by atoms with Crippen LogP contribution in [0, 0.1) is 17.8 Å². The van der Waals surface area contributed by atoms with Gasteiger partial charge in [0.15, 0.2) is 0 Å². The molecule has 64 heavy (non-hydrogen) atoms. The summed E-state index contributed by atoms with van der Waals surface area (Å²) in [5.41, 5.74) is 10.3. The quantitative estimate of drug-likeness (QED) is 0.0509. The number of hydrogen-bond donors (Lipinski definition) is 4. The fourth-order valence-corrected chi connectivity index (χ4v) is 7.13. The third-order valence-electron chi connectivity index (χ3n) is 10.6. The molecule has 5 amide bonds. The number of nitrogens with two attached hydrogens (primary N) is 1.